The van der Waals surface area contributed by atoms with Crippen LogP contribution in [0.2, 0.25) is 0 Å². The van der Waals surface area contributed by atoms with Crippen LogP contribution in [-0.2, 0) is 0 Å². The number of rotatable bonds is 4. The van der Waals surface area contributed by atoms with Gasteiger partial charge in [0.15, 0.2) is 0 Å². The average Bonchev–Trinajstić information content (AvgIpc) is 2.17. The van der Waals surface area contributed by atoms with E-state index in [4.69, 9.17) is 10.4 Å². The summed E-state index contributed by atoms with van der Waals surface area (Å²) in [6.07, 6.45) is 0.625. The van der Waals surface area contributed by atoms with E-state index in [0.29, 0.717) is 6.42 Å². The number of piperazine rings is 1. The van der Waals surface area contributed by atoms with Gasteiger partial charge in [-0.2, -0.15) is 5.26 Å². The van der Waals surface area contributed by atoms with Crippen LogP contribution in [0.3, 0.4) is 0 Å². The van der Waals surface area contributed by atoms with Crippen LogP contribution in [0.25, 0.3) is 0 Å². The Bertz CT molecular complexity index is 170. The van der Waals surface area contributed by atoms with Crippen molar-refractivity contribution in [2.75, 3.05) is 45.9 Å². The molecule has 0 atom stereocenters. The fourth-order valence-electron chi connectivity index (χ4n) is 1.59. The SMILES string of the molecule is N#CCCN1CCN(CCO)CC1. The molecular weight excluding hydrogens is 166 g/mol. The molecule has 1 rings (SSSR count). The average molecular weight is 183 g/mol. The Labute approximate surface area is 79.4 Å². The number of β-amino-alcohol motifs (C(OH)–C–C–N with tert-alkyl or cyclic N) is 1. The molecule has 0 saturated carbocycles. The molecule has 1 saturated heterocycles. The highest BCUT2D eigenvalue weighted by Gasteiger charge is 2.15. The Morgan fingerprint density at radius 2 is 1.62 bits per heavy atom. The van der Waals surface area contributed by atoms with Crippen molar-refractivity contribution in [2.45, 2.75) is 6.42 Å². The maximum atomic E-state index is 8.73. The maximum Gasteiger partial charge on any atom is 0.0635 e. The van der Waals surface area contributed by atoms with Gasteiger partial charge < -0.3 is 5.11 Å². The van der Waals surface area contributed by atoms with E-state index in [-0.39, 0.29) is 6.61 Å². The molecule has 13 heavy (non-hydrogen) atoms. The van der Waals surface area contributed by atoms with E-state index >= 15 is 0 Å². The van der Waals surface area contributed by atoms with Gasteiger partial charge in [0.1, 0.15) is 0 Å². The zero-order valence-corrected chi connectivity index (χ0v) is 7.95. The molecule has 0 amide bonds. The molecule has 0 bridgehead atoms. The third-order valence-corrected chi connectivity index (χ3v) is 2.42. The summed E-state index contributed by atoms with van der Waals surface area (Å²) in [6.45, 7) is 6.02. The first kappa shape index (κ1) is 10.5. The standard InChI is InChI=1S/C9H17N3O/c10-2-1-3-11-4-6-12(7-5-11)8-9-13/h13H,1,3-9H2. The third kappa shape index (κ3) is 3.73. The van der Waals surface area contributed by atoms with Gasteiger partial charge >= 0.3 is 0 Å². The topological polar surface area (TPSA) is 50.5 Å². The molecule has 0 spiro atoms. The third-order valence-electron chi connectivity index (χ3n) is 2.42. The summed E-state index contributed by atoms with van der Waals surface area (Å²) >= 11 is 0. The summed E-state index contributed by atoms with van der Waals surface area (Å²) in [6, 6.07) is 2.16. The highest BCUT2D eigenvalue weighted by molar-refractivity contribution is 4.76. The number of aliphatic hydroxyl groups is 1. The number of nitriles is 1. The molecule has 1 aliphatic rings. The van der Waals surface area contributed by atoms with Crippen LogP contribution < -0.4 is 0 Å². The Balaban J connectivity index is 2.12. The van der Waals surface area contributed by atoms with Crippen molar-refractivity contribution in [3.63, 3.8) is 0 Å². The number of aliphatic hydroxyl groups excluding tert-OH is 1. The molecule has 0 unspecified atom stereocenters. The Morgan fingerprint density at radius 3 is 2.08 bits per heavy atom. The molecule has 0 aliphatic carbocycles. The van der Waals surface area contributed by atoms with Crippen molar-refractivity contribution in [3.8, 4) is 6.07 Å². The highest BCUT2D eigenvalue weighted by atomic mass is 16.3. The fraction of sp³-hybridized carbons (Fsp3) is 0.889. The second-order valence-electron chi connectivity index (χ2n) is 3.32. The predicted molar refractivity (Wildman–Crippen MR) is 50.2 cm³/mol. The lowest BCUT2D eigenvalue weighted by molar-refractivity contribution is 0.114. The van der Waals surface area contributed by atoms with E-state index in [9.17, 15) is 0 Å². The predicted octanol–water partition coefficient (Wildman–Crippen LogP) is -0.490. The zero-order chi connectivity index (χ0) is 9.52. The van der Waals surface area contributed by atoms with E-state index in [1.807, 2.05) is 0 Å². The van der Waals surface area contributed by atoms with Gasteiger partial charge in [0, 0.05) is 45.7 Å². The van der Waals surface area contributed by atoms with Crippen LogP contribution in [-0.4, -0.2) is 60.8 Å². The highest BCUT2D eigenvalue weighted by Crippen LogP contribution is 2.01. The van der Waals surface area contributed by atoms with Crippen molar-refractivity contribution in [1.29, 1.82) is 5.26 Å². The summed E-state index contributed by atoms with van der Waals surface area (Å²) in [5.41, 5.74) is 0. The zero-order valence-electron chi connectivity index (χ0n) is 7.95. The summed E-state index contributed by atoms with van der Waals surface area (Å²) < 4.78 is 0. The first-order valence-electron chi connectivity index (χ1n) is 4.79. The molecule has 4 heteroatoms. The molecule has 0 aromatic rings. The molecule has 0 aromatic heterocycles. The van der Waals surface area contributed by atoms with E-state index in [1.165, 1.54) is 0 Å². The molecule has 1 aliphatic heterocycles. The van der Waals surface area contributed by atoms with E-state index in [0.717, 1.165) is 39.3 Å². The Hall–Kier alpha value is -0.630. The van der Waals surface area contributed by atoms with Crippen molar-refractivity contribution in [2.24, 2.45) is 0 Å². The summed E-state index contributed by atoms with van der Waals surface area (Å²) in [5.74, 6) is 0. The minimum atomic E-state index is 0.248. The number of hydrogen-bond donors (Lipinski definition) is 1. The molecular formula is C9H17N3O. The van der Waals surface area contributed by atoms with E-state index in [1.54, 1.807) is 0 Å². The van der Waals surface area contributed by atoms with Crippen LogP contribution in [0.4, 0.5) is 0 Å². The van der Waals surface area contributed by atoms with Gasteiger partial charge in [-0.05, 0) is 0 Å². The normalized spacial score (nSPS) is 20.0. The minimum Gasteiger partial charge on any atom is -0.395 e. The quantitative estimate of drug-likeness (QED) is 0.639. The molecule has 0 aromatic carbocycles. The van der Waals surface area contributed by atoms with Gasteiger partial charge in [-0.15, -0.1) is 0 Å². The van der Waals surface area contributed by atoms with Crippen LogP contribution in [0.1, 0.15) is 6.42 Å². The fourth-order valence-corrected chi connectivity index (χ4v) is 1.59. The summed E-state index contributed by atoms with van der Waals surface area (Å²) in [4.78, 5) is 4.56. The van der Waals surface area contributed by atoms with Crippen LogP contribution in [0.15, 0.2) is 0 Å². The van der Waals surface area contributed by atoms with Crippen molar-refractivity contribution < 1.29 is 5.11 Å². The van der Waals surface area contributed by atoms with Crippen LogP contribution in [0, 0.1) is 11.3 Å². The van der Waals surface area contributed by atoms with E-state index < -0.39 is 0 Å². The lowest BCUT2D eigenvalue weighted by Gasteiger charge is -2.33. The first-order chi connectivity index (χ1) is 6.36. The Kier molecular flexibility index (Phi) is 4.76. The lowest BCUT2D eigenvalue weighted by atomic mass is 10.3. The monoisotopic (exact) mass is 183 g/mol. The van der Waals surface area contributed by atoms with Crippen molar-refractivity contribution >= 4 is 0 Å². The number of hydrogen-bond acceptors (Lipinski definition) is 4. The molecule has 4 nitrogen and oxygen atoms in total. The van der Waals surface area contributed by atoms with Gasteiger partial charge in [-0.1, -0.05) is 0 Å². The lowest BCUT2D eigenvalue weighted by Crippen LogP contribution is -2.47. The van der Waals surface area contributed by atoms with Gasteiger partial charge in [-0.3, -0.25) is 9.80 Å². The van der Waals surface area contributed by atoms with Gasteiger partial charge in [-0.25, -0.2) is 0 Å². The smallest absolute Gasteiger partial charge is 0.0635 e. The Morgan fingerprint density at radius 1 is 1.08 bits per heavy atom. The largest absolute Gasteiger partial charge is 0.395 e. The maximum absolute atomic E-state index is 8.73. The second-order valence-corrected chi connectivity index (χ2v) is 3.32. The molecule has 0 radical (unpaired) electrons. The van der Waals surface area contributed by atoms with Gasteiger partial charge in [0.25, 0.3) is 0 Å². The van der Waals surface area contributed by atoms with Crippen LogP contribution in [0.5, 0.6) is 0 Å². The summed E-state index contributed by atoms with van der Waals surface area (Å²) in [7, 11) is 0. The second kappa shape index (κ2) is 5.92. The van der Waals surface area contributed by atoms with Gasteiger partial charge in [0.05, 0.1) is 12.7 Å². The number of nitrogens with zero attached hydrogens (tertiary/aromatic N) is 3. The molecule has 74 valence electrons. The van der Waals surface area contributed by atoms with Crippen molar-refractivity contribution in [3.05, 3.63) is 0 Å². The molecule has 1 fully saturated rings. The minimum absolute atomic E-state index is 0.248. The van der Waals surface area contributed by atoms with Crippen molar-refractivity contribution in [1.82, 2.24) is 9.80 Å². The molecule has 1 heterocycles. The van der Waals surface area contributed by atoms with E-state index in [2.05, 4.69) is 15.9 Å². The van der Waals surface area contributed by atoms with Gasteiger partial charge in [0.2, 0.25) is 0 Å². The molecule has 1 N–H and O–H groups in total. The summed E-state index contributed by atoms with van der Waals surface area (Å²) in [5, 5.41) is 17.1. The first-order valence-corrected chi connectivity index (χ1v) is 4.79. The van der Waals surface area contributed by atoms with Crippen LogP contribution >= 0.6 is 0 Å².